The van der Waals surface area contributed by atoms with Crippen molar-refractivity contribution in [2.45, 2.75) is 6.54 Å². The molecule has 0 amide bonds. The molecule has 2 fully saturated rings. The van der Waals surface area contributed by atoms with E-state index in [9.17, 15) is 0 Å². The summed E-state index contributed by atoms with van der Waals surface area (Å²) in [5.41, 5.74) is 3.72. The molecule has 146 valence electrons. The Bertz CT molecular complexity index is 921. The molecule has 0 atom stereocenters. The zero-order chi connectivity index (χ0) is 19.5. The summed E-state index contributed by atoms with van der Waals surface area (Å²) in [5, 5.41) is 2.59. The lowest BCUT2D eigenvalue weighted by molar-refractivity contribution is 0.184. The average molecular weight is 376 g/mol. The molecule has 5 nitrogen and oxygen atoms in total. The zero-order valence-electron chi connectivity index (χ0n) is 16.9. The molecule has 0 N–H and O–H groups in total. The lowest BCUT2D eigenvalue weighted by Crippen LogP contribution is -2.44. The van der Waals surface area contributed by atoms with Crippen LogP contribution in [0.25, 0.3) is 10.8 Å². The normalized spacial score (nSPS) is 22.2. The summed E-state index contributed by atoms with van der Waals surface area (Å²) in [6, 6.07) is 15.3. The maximum absolute atomic E-state index is 4.58. The molecule has 2 aromatic rings. The largest absolute Gasteiger partial charge is 0.354 e. The van der Waals surface area contributed by atoms with Crippen LogP contribution in [0.4, 0.5) is 0 Å². The Morgan fingerprint density at radius 2 is 1.75 bits per heavy atom. The number of likely N-dealkylation sites (N-methyl/N-ethyl adjacent to an activating group) is 1. The standard InChI is InChI=1S/C23H29N5/c1-24-22-17-27(15-18-8-9-19-6-4-5-7-20(19)14-18)16-21(22)23(25-2)28-12-10-26(3)11-13-28/h4-9,14H,2,10-13,15-17H2,1,3H3/b23-21+,24-22-. The highest BCUT2D eigenvalue weighted by molar-refractivity contribution is 6.04. The van der Waals surface area contributed by atoms with Crippen LogP contribution in [0.15, 0.2) is 63.8 Å². The summed E-state index contributed by atoms with van der Waals surface area (Å²) in [7, 11) is 4.06. The van der Waals surface area contributed by atoms with Gasteiger partial charge in [-0.3, -0.25) is 9.89 Å². The van der Waals surface area contributed by atoms with Crippen molar-refractivity contribution in [3.05, 3.63) is 59.4 Å². The molecule has 0 spiro atoms. The van der Waals surface area contributed by atoms with E-state index in [0.29, 0.717) is 0 Å². The predicted molar refractivity (Wildman–Crippen MR) is 118 cm³/mol. The summed E-state index contributed by atoms with van der Waals surface area (Å²) >= 11 is 0. The van der Waals surface area contributed by atoms with Crippen molar-refractivity contribution in [3.63, 3.8) is 0 Å². The van der Waals surface area contributed by atoms with Crippen molar-refractivity contribution < 1.29 is 0 Å². The van der Waals surface area contributed by atoms with E-state index in [2.05, 4.69) is 80.9 Å². The van der Waals surface area contributed by atoms with Gasteiger partial charge in [-0.15, -0.1) is 0 Å². The molecule has 2 aromatic carbocycles. The number of hydrogen-bond donors (Lipinski definition) is 0. The molecule has 2 saturated heterocycles. The summed E-state index contributed by atoms with van der Waals surface area (Å²) < 4.78 is 0. The van der Waals surface area contributed by atoms with Gasteiger partial charge in [0.1, 0.15) is 5.82 Å². The number of fused-ring (bicyclic) bond motifs is 1. The van der Waals surface area contributed by atoms with Crippen molar-refractivity contribution >= 4 is 23.2 Å². The molecule has 0 saturated carbocycles. The first-order valence-corrected chi connectivity index (χ1v) is 9.97. The molecule has 28 heavy (non-hydrogen) atoms. The fraction of sp³-hybridized carbons (Fsp3) is 0.391. The minimum absolute atomic E-state index is 0.866. The van der Waals surface area contributed by atoms with Gasteiger partial charge in [0.15, 0.2) is 0 Å². The van der Waals surface area contributed by atoms with Gasteiger partial charge >= 0.3 is 0 Å². The molecular weight excluding hydrogens is 346 g/mol. The van der Waals surface area contributed by atoms with Crippen LogP contribution < -0.4 is 0 Å². The van der Waals surface area contributed by atoms with E-state index in [1.165, 1.54) is 21.9 Å². The number of benzene rings is 2. The van der Waals surface area contributed by atoms with E-state index in [1.807, 2.05) is 7.05 Å². The Hall–Kier alpha value is -2.50. The molecule has 2 aliphatic rings. The quantitative estimate of drug-likeness (QED) is 0.771. The fourth-order valence-electron chi connectivity index (χ4n) is 4.20. The van der Waals surface area contributed by atoms with Crippen molar-refractivity contribution in [1.29, 1.82) is 0 Å². The van der Waals surface area contributed by atoms with Crippen molar-refractivity contribution in [1.82, 2.24) is 14.7 Å². The minimum Gasteiger partial charge on any atom is -0.354 e. The van der Waals surface area contributed by atoms with E-state index in [0.717, 1.165) is 57.3 Å². The van der Waals surface area contributed by atoms with Gasteiger partial charge in [-0.05, 0) is 36.2 Å². The van der Waals surface area contributed by atoms with Gasteiger partial charge in [0.25, 0.3) is 0 Å². The molecule has 0 aromatic heterocycles. The molecule has 0 unspecified atom stereocenters. The van der Waals surface area contributed by atoms with Crippen molar-refractivity contribution in [3.8, 4) is 0 Å². The molecule has 0 radical (unpaired) electrons. The predicted octanol–water partition coefficient (Wildman–Crippen LogP) is 2.89. The van der Waals surface area contributed by atoms with Gasteiger partial charge in [0.05, 0.1) is 5.71 Å². The number of likely N-dealkylation sites (tertiary alicyclic amines) is 1. The first kappa shape index (κ1) is 18.8. The van der Waals surface area contributed by atoms with Gasteiger partial charge in [-0.2, -0.15) is 0 Å². The first-order chi connectivity index (χ1) is 13.7. The molecule has 0 aliphatic carbocycles. The Morgan fingerprint density at radius 1 is 1.00 bits per heavy atom. The molecule has 2 heterocycles. The molecule has 2 aliphatic heterocycles. The Labute approximate surface area is 167 Å². The van der Waals surface area contributed by atoms with Gasteiger partial charge in [0, 0.05) is 58.4 Å². The second-order valence-corrected chi connectivity index (χ2v) is 7.75. The SMILES string of the molecule is C=N/C(=C1/CN(Cc2ccc3ccccc3c2)C/C1=N/C)N1CCN(C)CC1. The van der Waals surface area contributed by atoms with Crippen LogP contribution in [0.5, 0.6) is 0 Å². The number of aliphatic imine (C=N–C) groups is 2. The molecular formula is C23H29N5. The number of hydrogen-bond acceptors (Lipinski definition) is 5. The minimum atomic E-state index is 0.866. The summed E-state index contributed by atoms with van der Waals surface area (Å²) in [4.78, 5) is 16.2. The molecule has 0 bridgehead atoms. The van der Waals surface area contributed by atoms with Gasteiger partial charge < -0.3 is 9.80 Å². The third kappa shape index (κ3) is 3.86. The van der Waals surface area contributed by atoms with Crippen LogP contribution in [0.2, 0.25) is 0 Å². The van der Waals surface area contributed by atoms with Crippen molar-refractivity contribution in [2.24, 2.45) is 9.98 Å². The molecule has 5 heteroatoms. The van der Waals surface area contributed by atoms with Crippen LogP contribution in [-0.4, -0.2) is 80.5 Å². The van der Waals surface area contributed by atoms with Gasteiger partial charge in [-0.1, -0.05) is 36.4 Å². The number of rotatable bonds is 4. The van der Waals surface area contributed by atoms with E-state index >= 15 is 0 Å². The second kappa shape index (κ2) is 8.25. The van der Waals surface area contributed by atoms with Crippen LogP contribution in [0.3, 0.4) is 0 Å². The molecule has 4 rings (SSSR count). The summed E-state index contributed by atoms with van der Waals surface area (Å²) in [5.74, 6) is 1.02. The topological polar surface area (TPSA) is 34.4 Å². The number of piperazine rings is 1. The first-order valence-electron chi connectivity index (χ1n) is 9.97. The Kier molecular flexibility index (Phi) is 5.55. The Balaban J connectivity index is 1.55. The Morgan fingerprint density at radius 3 is 2.46 bits per heavy atom. The van der Waals surface area contributed by atoms with E-state index in [-0.39, 0.29) is 0 Å². The third-order valence-electron chi connectivity index (χ3n) is 5.82. The maximum Gasteiger partial charge on any atom is 0.134 e. The van der Waals surface area contributed by atoms with E-state index in [4.69, 9.17) is 0 Å². The lowest BCUT2D eigenvalue weighted by atomic mass is 10.1. The van der Waals surface area contributed by atoms with Crippen LogP contribution in [0, 0.1) is 0 Å². The van der Waals surface area contributed by atoms with Gasteiger partial charge in [-0.25, -0.2) is 4.99 Å². The smallest absolute Gasteiger partial charge is 0.134 e. The fourth-order valence-corrected chi connectivity index (χ4v) is 4.20. The van der Waals surface area contributed by atoms with Crippen molar-refractivity contribution in [2.75, 3.05) is 53.4 Å². The summed E-state index contributed by atoms with van der Waals surface area (Å²) in [6.45, 7) is 10.6. The maximum atomic E-state index is 4.58. The highest BCUT2D eigenvalue weighted by Gasteiger charge is 2.28. The highest BCUT2D eigenvalue weighted by Crippen LogP contribution is 2.24. The summed E-state index contributed by atoms with van der Waals surface area (Å²) in [6.07, 6.45) is 0. The second-order valence-electron chi connectivity index (χ2n) is 7.75. The average Bonchev–Trinajstić information content (AvgIpc) is 3.12. The van der Waals surface area contributed by atoms with E-state index < -0.39 is 0 Å². The zero-order valence-corrected chi connectivity index (χ0v) is 16.9. The third-order valence-corrected chi connectivity index (χ3v) is 5.82. The monoisotopic (exact) mass is 375 g/mol. The number of nitrogens with zero attached hydrogens (tertiary/aromatic N) is 5. The highest BCUT2D eigenvalue weighted by atomic mass is 15.3. The van der Waals surface area contributed by atoms with Gasteiger partial charge in [0.2, 0.25) is 0 Å². The van der Waals surface area contributed by atoms with Crippen LogP contribution in [0.1, 0.15) is 5.56 Å². The lowest BCUT2D eigenvalue weighted by Gasteiger charge is -2.34. The van der Waals surface area contributed by atoms with E-state index in [1.54, 1.807) is 0 Å². The van der Waals surface area contributed by atoms with Crippen LogP contribution in [-0.2, 0) is 6.54 Å². The van der Waals surface area contributed by atoms with Crippen LogP contribution >= 0.6 is 0 Å².